The smallest absolute Gasteiger partial charge is 0.337 e. The summed E-state index contributed by atoms with van der Waals surface area (Å²) in [5, 5.41) is 2.78. The van der Waals surface area contributed by atoms with Gasteiger partial charge in [0.1, 0.15) is 0 Å². The Hall–Kier alpha value is -1.59. The van der Waals surface area contributed by atoms with Crippen LogP contribution in [0.15, 0.2) is 18.2 Å². The number of methoxy groups -OCH3 is 1. The van der Waals surface area contributed by atoms with Crippen molar-refractivity contribution in [2.45, 2.75) is 32.7 Å². The topological polar surface area (TPSA) is 81.4 Å². The first-order valence-electron chi connectivity index (χ1n) is 6.18. The Morgan fingerprint density at radius 3 is 2.60 bits per heavy atom. The van der Waals surface area contributed by atoms with E-state index in [4.69, 9.17) is 5.73 Å². The Morgan fingerprint density at radius 2 is 2.05 bits per heavy atom. The average molecular weight is 301 g/mol. The number of nitrogens with two attached hydrogens (primary N) is 1. The molecule has 0 aromatic heterocycles. The van der Waals surface area contributed by atoms with Crippen LogP contribution in [0.5, 0.6) is 0 Å². The molecule has 1 amide bonds. The van der Waals surface area contributed by atoms with Crippen LogP contribution in [0, 0.1) is 6.92 Å². The van der Waals surface area contributed by atoms with Gasteiger partial charge in [-0.25, -0.2) is 4.79 Å². The molecule has 3 N–H and O–H groups in total. The Morgan fingerprint density at radius 1 is 1.40 bits per heavy atom. The molecule has 0 fully saturated rings. The molecule has 0 saturated heterocycles. The van der Waals surface area contributed by atoms with Gasteiger partial charge in [-0.3, -0.25) is 4.79 Å². The number of anilines is 1. The van der Waals surface area contributed by atoms with E-state index < -0.39 is 5.97 Å². The maximum Gasteiger partial charge on any atom is 0.337 e. The van der Waals surface area contributed by atoms with E-state index in [0.717, 1.165) is 5.56 Å². The van der Waals surface area contributed by atoms with Gasteiger partial charge in [0.25, 0.3) is 0 Å². The third kappa shape index (κ3) is 5.59. The highest BCUT2D eigenvalue weighted by atomic mass is 35.5. The Kier molecular flexibility index (Phi) is 7.87. The van der Waals surface area contributed by atoms with E-state index in [1.165, 1.54) is 7.11 Å². The van der Waals surface area contributed by atoms with Crippen molar-refractivity contribution in [2.24, 2.45) is 5.73 Å². The quantitative estimate of drug-likeness (QED) is 0.817. The highest BCUT2D eigenvalue weighted by Gasteiger charge is 2.10. The lowest BCUT2D eigenvalue weighted by Gasteiger charge is -2.10. The zero-order valence-corrected chi connectivity index (χ0v) is 12.8. The molecule has 1 unspecified atom stereocenters. The molecule has 0 spiro atoms. The van der Waals surface area contributed by atoms with Gasteiger partial charge < -0.3 is 15.8 Å². The largest absolute Gasteiger partial charge is 0.465 e. The number of esters is 1. The van der Waals surface area contributed by atoms with Crippen molar-refractivity contribution in [3.63, 3.8) is 0 Å². The van der Waals surface area contributed by atoms with E-state index in [-0.39, 0.29) is 24.4 Å². The molecule has 1 aromatic carbocycles. The summed E-state index contributed by atoms with van der Waals surface area (Å²) in [5.74, 6) is -0.534. The lowest BCUT2D eigenvalue weighted by molar-refractivity contribution is -0.116. The molecular weight excluding hydrogens is 280 g/mol. The van der Waals surface area contributed by atoms with E-state index in [1.807, 2.05) is 13.8 Å². The van der Waals surface area contributed by atoms with Gasteiger partial charge >= 0.3 is 5.97 Å². The van der Waals surface area contributed by atoms with Crippen molar-refractivity contribution in [2.75, 3.05) is 12.4 Å². The number of halogens is 1. The fourth-order valence-corrected chi connectivity index (χ4v) is 1.57. The SMILES string of the molecule is COC(=O)c1ccc(C)c(NC(=O)CCC(C)N)c1.Cl. The molecule has 5 nitrogen and oxygen atoms in total. The first kappa shape index (κ1) is 18.4. The zero-order chi connectivity index (χ0) is 14.4. The zero-order valence-electron chi connectivity index (χ0n) is 11.9. The molecule has 0 heterocycles. The van der Waals surface area contributed by atoms with E-state index in [0.29, 0.717) is 24.1 Å². The number of nitrogens with one attached hydrogen (secondary N) is 1. The number of rotatable bonds is 5. The summed E-state index contributed by atoms with van der Waals surface area (Å²) in [6, 6.07) is 5.05. The van der Waals surface area contributed by atoms with Crippen LogP contribution in [-0.2, 0) is 9.53 Å². The maximum atomic E-state index is 11.7. The van der Waals surface area contributed by atoms with Gasteiger partial charge in [0.2, 0.25) is 5.91 Å². The summed E-state index contributed by atoms with van der Waals surface area (Å²) < 4.78 is 4.65. The van der Waals surface area contributed by atoms with E-state index >= 15 is 0 Å². The molecule has 1 rings (SSSR count). The molecule has 6 heteroatoms. The van der Waals surface area contributed by atoms with Crippen LogP contribution < -0.4 is 11.1 Å². The maximum absolute atomic E-state index is 11.7. The minimum absolute atomic E-state index is 0. The number of carbonyl (C=O) groups is 2. The van der Waals surface area contributed by atoms with E-state index in [2.05, 4.69) is 10.1 Å². The first-order chi connectivity index (χ1) is 8.93. The van der Waals surface area contributed by atoms with Crippen molar-refractivity contribution in [1.82, 2.24) is 0 Å². The van der Waals surface area contributed by atoms with Gasteiger partial charge in [-0.05, 0) is 38.0 Å². The van der Waals surface area contributed by atoms with Crippen molar-refractivity contribution in [3.8, 4) is 0 Å². The molecule has 0 aliphatic heterocycles. The number of aryl methyl sites for hydroxylation is 1. The standard InChI is InChI=1S/C14H20N2O3.ClH/c1-9-4-6-11(14(18)19-3)8-12(9)16-13(17)7-5-10(2)15;/h4,6,8,10H,5,7,15H2,1-3H3,(H,16,17);1H. The molecule has 1 atom stereocenters. The minimum atomic E-state index is -0.425. The van der Waals surface area contributed by atoms with Crippen molar-refractivity contribution >= 4 is 30.0 Å². The van der Waals surface area contributed by atoms with Crippen LogP contribution >= 0.6 is 12.4 Å². The van der Waals surface area contributed by atoms with Gasteiger partial charge in [0, 0.05) is 18.2 Å². The second-order valence-electron chi connectivity index (χ2n) is 4.59. The van der Waals surface area contributed by atoms with Gasteiger partial charge in [0.05, 0.1) is 12.7 Å². The summed E-state index contributed by atoms with van der Waals surface area (Å²) in [4.78, 5) is 23.2. The van der Waals surface area contributed by atoms with Gasteiger partial charge in [0.15, 0.2) is 0 Å². The monoisotopic (exact) mass is 300 g/mol. The molecule has 0 aliphatic rings. The summed E-state index contributed by atoms with van der Waals surface area (Å²) in [6.45, 7) is 3.72. The van der Waals surface area contributed by atoms with Crippen LogP contribution in [0.1, 0.15) is 35.7 Å². The molecule has 112 valence electrons. The summed E-state index contributed by atoms with van der Waals surface area (Å²) in [6.07, 6.45) is 0.987. The van der Waals surface area contributed by atoms with Crippen LogP contribution in [-0.4, -0.2) is 25.0 Å². The first-order valence-corrected chi connectivity index (χ1v) is 6.18. The lowest BCUT2D eigenvalue weighted by atomic mass is 10.1. The molecule has 0 aliphatic carbocycles. The van der Waals surface area contributed by atoms with Crippen LogP contribution in [0.3, 0.4) is 0 Å². The molecule has 0 saturated carbocycles. The third-order valence-corrected chi connectivity index (χ3v) is 2.76. The number of carbonyl (C=O) groups excluding carboxylic acids is 2. The summed E-state index contributed by atoms with van der Waals surface area (Å²) >= 11 is 0. The van der Waals surface area contributed by atoms with Gasteiger partial charge in [-0.1, -0.05) is 6.07 Å². The fraction of sp³-hybridized carbons (Fsp3) is 0.429. The number of ether oxygens (including phenoxy) is 1. The fourth-order valence-electron chi connectivity index (χ4n) is 1.57. The van der Waals surface area contributed by atoms with Crippen molar-refractivity contribution in [3.05, 3.63) is 29.3 Å². The van der Waals surface area contributed by atoms with E-state index in [1.54, 1.807) is 18.2 Å². The lowest BCUT2D eigenvalue weighted by Crippen LogP contribution is -2.20. The van der Waals surface area contributed by atoms with Gasteiger partial charge in [-0.2, -0.15) is 0 Å². The summed E-state index contributed by atoms with van der Waals surface area (Å²) in [5.41, 5.74) is 7.53. The Bertz CT molecular complexity index is 475. The predicted octanol–water partition coefficient (Wildman–Crippen LogP) is 2.27. The predicted molar refractivity (Wildman–Crippen MR) is 81.3 cm³/mol. The molecule has 1 aromatic rings. The number of amides is 1. The van der Waals surface area contributed by atoms with Crippen molar-refractivity contribution in [1.29, 1.82) is 0 Å². The number of hydrogen-bond acceptors (Lipinski definition) is 4. The number of benzene rings is 1. The minimum Gasteiger partial charge on any atom is -0.465 e. The van der Waals surface area contributed by atoms with Crippen LogP contribution in [0.25, 0.3) is 0 Å². The summed E-state index contributed by atoms with van der Waals surface area (Å²) in [7, 11) is 1.32. The van der Waals surface area contributed by atoms with Crippen molar-refractivity contribution < 1.29 is 14.3 Å². The molecule has 0 radical (unpaired) electrons. The highest BCUT2D eigenvalue weighted by molar-refractivity contribution is 5.95. The van der Waals surface area contributed by atoms with Crippen LogP contribution in [0.4, 0.5) is 5.69 Å². The third-order valence-electron chi connectivity index (χ3n) is 2.76. The second-order valence-corrected chi connectivity index (χ2v) is 4.59. The highest BCUT2D eigenvalue weighted by Crippen LogP contribution is 2.18. The van der Waals surface area contributed by atoms with E-state index in [9.17, 15) is 9.59 Å². The second kappa shape index (κ2) is 8.55. The number of hydrogen-bond donors (Lipinski definition) is 2. The van der Waals surface area contributed by atoms with Crippen LogP contribution in [0.2, 0.25) is 0 Å². The Balaban J connectivity index is 0.00000361. The average Bonchev–Trinajstić information content (AvgIpc) is 2.38. The molecular formula is C14H21ClN2O3. The molecule has 20 heavy (non-hydrogen) atoms. The van der Waals surface area contributed by atoms with Gasteiger partial charge in [-0.15, -0.1) is 12.4 Å². The normalized spacial score (nSPS) is 11.2. The Labute approximate surface area is 125 Å². The molecule has 0 bridgehead atoms.